The van der Waals surface area contributed by atoms with Crippen molar-refractivity contribution < 1.29 is 14.7 Å². The predicted octanol–water partition coefficient (Wildman–Crippen LogP) is 1.69. The quantitative estimate of drug-likeness (QED) is 0.733. The first kappa shape index (κ1) is 8.94. The molecule has 0 heterocycles. The molecule has 0 aromatic heterocycles. The first-order chi connectivity index (χ1) is 6.63. The van der Waals surface area contributed by atoms with E-state index in [0.29, 0.717) is 11.1 Å². The first-order valence-corrected chi connectivity index (χ1v) is 4.49. The molecule has 0 fully saturated rings. The zero-order valence-corrected chi connectivity index (χ0v) is 7.73. The molecule has 1 aliphatic carbocycles. The number of aliphatic carboxylic acids is 1. The minimum Gasteiger partial charge on any atom is -0.481 e. The van der Waals surface area contributed by atoms with E-state index in [4.69, 9.17) is 5.11 Å². The normalized spacial score (nSPS) is 24.8. The molecule has 0 aliphatic heterocycles. The van der Waals surface area contributed by atoms with Gasteiger partial charge in [-0.2, -0.15) is 0 Å². The Kier molecular flexibility index (Phi) is 1.88. The molecule has 2 atom stereocenters. The highest BCUT2D eigenvalue weighted by Gasteiger charge is 2.40. The summed E-state index contributed by atoms with van der Waals surface area (Å²) in [6.07, 6.45) is 0. The number of rotatable bonds is 1. The number of fused-ring (bicyclic) bond motifs is 1. The number of carbonyl (C=O) groups excluding carboxylic acids is 1. The van der Waals surface area contributed by atoms with E-state index in [2.05, 4.69) is 0 Å². The van der Waals surface area contributed by atoms with Gasteiger partial charge in [0.25, 0.3) is 0 Å². The summed E-state index contributed by atoms with van der Waals surface area (Å²) >= 11 is 0. The molecular weight excluding hydrogens is 180 g/mol. The van der Waals surface area contributed by atoms with Crippen LogP contribution in [-0.2, 0) is 4.79 Å². The molecule has 72 valence electrons. The molecule has 0 spiro atoms. The van der Waals surface area contributed by atoms with E-state index < -0.39 is 17.8 Å². The number of carbonyl (C=O) groups is 2. The topological polar surface area (TPSA) is 54.4 Å². The van der Waals surface area contributed by atoms with Crippen LogP contribution in [0.3, 0.4) is 0 Å². The SMILES string of the molecule is CC1C(=O)c2ccccc2C1C(=O)O. The van der Waals surface area contributed by atoms with Crippen LogP contribution in [0.25, 0.3) is 0 Å². The standard InChI is InChI=1S/C11H10O3/c1-6-9(11(13)14)7-4-2-3-5-8(7)10(6)12/h2-6,9H,1H3,(H,13,14). The van der Waals surface area contributed by atoms with E-state index >= 15 is 0 Å². The number of hydrogen-bond acceptors (Lipinski definition) is 2. The Bertz CT molecular complexity index is 409. The van der Waals surface area contributed by atoms with Gasteiger partial charge in [0.05, 0.1) is 5.92 Å². The van der Waals surface area contributed by atoms with Crippen molar-refractivity contribution in [2.45, 2.75) is 12.8 Å². The maximum absolute atomic E-state index is 11.6. The summed E-state index contributed by atoms with van der Waals surface area (Å²) in [6, 6.07) is 6.93. The molecule has 0 saturated heterocycles. The van der Waals surface area contributed by atoms with Crippen LogP contribution >= 0.6 is 0 Å². The van der Waals surface area contributed by atoms with Gasteiger partial charge in [-0.15, -0.1) is 0 Å². The van der Waals surface area contributed by atoms with Gasteiger partial charge in [0, 0.05) is 11.5 Å². The van der Waals surface area contributed by atoms with Gasteiger partial charge in [-0.25, -0.2) is 0 Å². The van der Waals surface area contributed by atoms with Crippen molar-refractivity contribution in [2.24, 2.45) is 5.92 Å². The molecule has 1 aromatic carbocycles. The largest absolute Gasteiger partial charge is 0.481 e. The fraction of sp³-hybridized carbons (Fsp3) is 0.273. The van der Waals surface area contributed by atoms with Crippen LogP contribution in [0.2, 0.25) is 0 Å². The van der Waals surface area contributed by atoms with Gasteiger partial charge >= 0.3 is 5.97 Å². The van der Waals surface area contributed by atoms with Crippen molar-refractivity contribution >= 4 is 11.8 Å². The number of ketones is 1. The lowest BCUT2D eigenvalue weighted by Gasteiger charge is -2.08. The summed E-state index contributed by atoms with van der Waals surface area (Å²) in [7, 11) is 0. The Hall–Kier alpha value is -1.64. The fourth-order valence-corrected chi connectivity index (χ4v) is 2.01. The molecule has 0 saturated carbocycles. The summed E-state index contributed by atoms with van der Waals surface area (Å²) in [4.78, 5) is 22.6. The van der Waals surface area contributed by atoms with E-state index in [-0.39, 0.29) is 5.78 Å². The number of carboxylic acid groups (broad SMARTS) is 1. The number of hydrogen-bond donors (Lipinski definition) is 1. The molecular formula is C11H10O3. The number of benzene rings is 1. The first-order valence-electron chi connectivity index (χ1n) is 4.49. The van der Waals surface area contributed by atoms with Gasteiger partial charge in [-0.05, 0) is 5.56 Å². The molecule has 1 aromatic rings. The second-order valence-corrected chi connectivity index (χ2v) is 3.56. The van der Waals surface area contributed by atoms with Crippen LogP contribution in [0, 0.1) is 5.92 Å². The lowest BCUT2D eigenvalue weighted by Crippen LogP contribution is -2.17. The summed E-state index contributed by atoms with van der Waals surface area (Å²) in [5, 5.41) is 9.00. The minimum absolute atomic E-state index is 0.0620. The second-order valence-electron chi connectivity index (χ2n) is 3.56. The van der Waals surface area contributed by atoms with Crippen LogP contribution in [0.15, 0.2) is 24.3 Å². The summed E-state index contributed by atoms with van der Waals surface area (Å²) < 4.78 is 0. The molecule has 1 aliphatic rings. The second kappa shape index (κ2) is 2.94. The number of carboxylic acids is 1. The Morgan fingerprint density at radius 3 is 2.64 bits per heavy atom. The maximum Gasteiger partial charge on any atom is 0.311 e. The molecule has 2 unspecified atom stereocenters. The predicted molar refractivity (Wildman–Crippen MR) is 50.3 cm³/mol. The lowest BCUT2D eigenvalue weighted by molar-refractivity contribution is -0.139. The fourth-order valence-electron chi connectivity index (χ4n) is 2.01. The van der Waals surface area contributed by atoms with Crippen LogP contribution in [-0.4, -0.2) is 16.9 Å². The van der Waals surface area contributed by atoms with Crippen molar-refractivity contribution in [3.63, 3.8) is 0 Å². The average Bonchev–Trinajstić information content (AvgIpc) is 2.41. The Labute approximate surface area is 81.4 Å². The monoisotopic (exact) mass is 190 g/mol. The smallest absolute Gasteiger partial charge is 0.311 e. The van der Waals surface area contributed by atoms with Gasteiger partial charge in [-0.1, -0.05) is 31.2 Å². The molecule has 2 rings (SSSR count). The highest BCUT2D eigenvalue weighted by atomic mass is 16.4. The van der Waals surface area contributed by atoms with E-state index in [1.807, 2.05) is 0 Å². The van der Waals surface area contributed by atoms with Crippen molar-refractivity contribution in [3.05, 3.63) is 35.4 Å². The van der Waals surface area contributed by atoms with Crippen LogP contribution < -0.4 is 0 Å². The van der Waals surface area contributed by atoms with Gasteiger partial charge < -0.3 is 5.11 Å². The zero-order valence-electron chi connectivity index (χ0n) is 7.73. The summed E-state index contributed by atoms with van der Waals surface area (Å²) in [6.45, 7) is 1.67. The third-order valence-corrected chi connectivity index (χ3v) is 2.74. The van der Waals surface area contributed by atoms with Crippen LogP contribution in [0.4, 0.5) is 0 Å². The van der Waals surface area contributed by atoms with Crippen molar-refractivity contribution in [1.82, 2.24) is 0 Å². The van der Waals surface area contributed by atoms with Gasteiger partial charge in [0.15, 0.2) is 5.78 Å². The van der Waals surface area contributed by atoms with E-state index in [0.717, 1.165) is 0 Å². The van der Waals surface area contributed by atoms with Gasteiger partial charge in [0.2, 0.25) is 0 Å². The number of Topliss-reactive ketones (excluding diaryl/α,β-unsaturated/α-hetero) is 1. The maximum atomic E-state index is 11.6. The van der Waals surface area contributed by atoms with E-state index in [9.17, 15) is 9.59 Å². The van der Waals surface area contributed by atoms with Crippen molar-refractivity contribution in [3.8, 4) is 0 Å². The molecule has 0 amide bonds. The highest BCUT2D eigenvalue weighted by Crippen LogP contribution is 2.37. The summed E-state index contributed by atoms with van der Waals surface area (Å²) in [5.74, 6) is -2.09. The van der Waals surface area contributed by atoms with Gasteiger partial charge in [-0.3, -0.25) is 9.59 Å². The van der Waals surface area contributed by atoms with E-state index in [1.165, 1.54) is 0 Å². The van der Waals surface area contributed by atoms with Crippen LogP contribution in [0.1, 0.15) is 28.8 Å². The highest BCUT2D eigenvalue weighted by molar-refractivity contribution is 6.07. The molecule has 1 N–H and O–H groups in total. The Morgan fingerprint density at radius 2 is 2.00 bits per heavy atom. The average molecular weight is 190 g/mol. The zero-order chi connectivity index (χ0) is 10.3. The molecule has 3 nitrogen and oxygen atoms in total. The third-order valence-electron chi connectivity index (χ3n) is 2.74. The van der Waals surface area contributed by atoms with Crippen molar-refractivity contribution in [2.75, 3.05) is 0 Å². The van der Waals surface area contributed by atoms with Crippen molar-refractivity contribution in [1.29, 1.82) is 0 Å². The third kappa shape index (κ3) is 1.05. The molecule has 0 bridgehead atoms. The summed E-state index contributed by atoms with van der Waals surface area (Å²) in [5.41, 5.74) is 1.21. The lowest BCUT2D eigenvalue weighted by atomic mass is 9.94. The molecule has 14 heavy (non-hydrogen) atoms. The van der Waals surface area contributed by atoms with E-state index in [1.54, 1.807) is 31.2 Å². The minimum atomic E-state index is -0.921. The molecule has 0 radical (unpaired) electrons. The molecule has 3 heteroatoms. The van der Waals surface area contributed by atoms with Crippen LogP contribution in [0.5, 0.6) is 0 Å². The Balaban J connectivity index is 2.59. The Morgan fingerprint density at radius 1 is 1.36 bits per heavy atom. The van der Waals surface area contributed by atoms with Gasteiger partial charge in [0.1, 0.15) is 0 Å².